The standard InChI is InChI=1S/C8H18O2S2/c1-2-6(11)3-4-8(12)7(10)5-9/h6-12H,2-5H2,1H3. The third-order valence-corrected chi connectivity index (χ3v) is 3.12. The zero-order valence-electron chi connectivity index (χ0n) is 7.35. The minimum Gasteiger partial charge on any atom is -0.394 e. The van der Waals surface area contributed by atoms with Crippen molar-refractivity contribution < 1.29 is 10.2 Å². The Morgan fingerprint density at radius 2 is 1.83 bits per heavy atom. The van der Waals surface area contributed by atoms with Gasteiger partial charge in [-0.2, -0.15) is 25.3 Å². The number of aliphatic hydroxyl groups is 2. The van der Waals surface area contributed by atoms with E-state index in [9.17, 15) is 0 Å². The highest BCUT2D eigenvalue weighted by Gasteiger charge is 2.14. The van der Waals surface area contributed by atoms with E-state index >= 15 is 0 Å². The lowest BCUT2D eigenvalue weighted by Crippen LogP contribution is -2.25. The first-order chi connectivity index (χ1) is 5.61. The Kier molecular flexibility index (Phi) is 7.43. The van der Waals surface area contributed by atoms with Crippen molar-refractivity contribution in [2.24, 2.45) is 0 Å². The molecule has 0 aromatic rings. The fourth-order valence-electron chi connectivity index (χ4n) is 0.881. The average molecular weight is 210 g/mol. The summed E-state index contributed by atoms with van der Waals surface area (Å²) >= 11 is 8.50. The molecule has 0 aliphatic rings. The van der Waals surface area contributed by atoms with Crippen LogP contribution in [0, 0.1) is 0 Å². The maximum Gasteiger partial charge on any atom is 0.0886 e. The summed E-state index contributed by atoms with van der Waals surface area (Å²) in [5.41, 5.74) is 0. The molecule has 0 bridgehead atoms. The Morgan fingerprint density at radius 3 is 2.25 bits per heavy atom. The molecule has 74 valence electrons. The van der Waals surface area contributed by atoms with Gasteiger partial charge < -0.3 is 10.2 Å². The van der Waals surface area contributed by atoms with Crippen LogP contribution >= 0.6 is 25.3 Å². The van der Waals surface area contributed by atoms with Gasteiger partial charge in [0, 0.05) is 10.5 Å². The molecule has 3 unspecified atom stereocenters. The molecule has 0 aromatic carbocycles. The molecule has 0 aromatic heterocycles. The molecule has 0 saturated heterocycles. The SMILES string of the molecule is CCC(S)CCC(S)C(O)CO. The summed E-state index contributed by atoms with van der Waals surface area (Å²) in [5.74, 6) is 0. The van der Waals surface area contributed by atoms with Crippen molar-refractivity contribution in [1.29, 1.82) is 0 Å². The smallest absolute Gasteiger partial charge is 0.0886 e. The lowest BCUT2D eigenvalue weighted by Gasteiger charge is -2.17. The Labute approximate surface area is 85.2 Å². The van der Waals surface area contributed by atoms with E-state index in [-0.39, 0.29) is 11.9 Å². The second-order valence-corrected chi connectivity index (χ2v) is 4.35. The van der Waals surface area contributed by atoms with Crippen molar-refractivity contribution in [3.63, 3.8) is 0 Å². The molecule has 2 nitrogen and oxygen atoms in total. The first-order valence-corrected chi connectivity index (χ1v) is 5.30. The van der Waals surface area contributed by atoms with Gasteiger partial charge in [0.15, 0.2) is 0 Å². The van der Waals surface area contributed by atoms with Gasteiger partial charge in [-0.3, -0.25) is 0 Å². The molecule has 4 heteroatoms. The molecule has 0 fully saturated rings. The van der Waals surface area contributed by atoms with Gasteiger partial charge in [0.2, 0.25) is 0 Å². The first-order valence-electron chi connectivity index (χ1n) is 4.26. The Morgan fingerprint density at radius 1 is 1.25 bits per heavy atom. The lowest BCUT2D eigenvalue weighted by atomic mass is 10.1. The van der Waals surface area contributed by atoms with Gasteiger partial charge in [-0.05, 0) is 19.3 Å². The Hall–Kier alpha value is 0.620. The molecule has 0 heterocycles. The van der Waals surface area contributed by atoms with E-state index in [4.69, 9.17) is 10.2 Å². The molecule has 12 heavy (non-hydrogen) atoms. The van der Waals surface area contributed by atoms with E-state index in [1.54, 1.807) is 0 Å². The minimum atomic E-state index is -0.703. The van der Waals surface area contributed by atoms with Crippen LogP contribution in [0.1, 0.15) is 26.2 Å². The fourth-order valence-corrected chi connectivity index (χ4v) is 1.27. The predicted molar refractivity (Wildman–Crippen MR) is 58.2 cm³/mol. The van der Waals surface area contributed by atoms with Crippen LogP contribution in [0.15, 0.2) is 0 Å². The highest BCUT2D eigenvalue weighted by Crippen LogP contribution is 2.15. The zero-order valence-corrected chi connectivity index (χ0v) is 9.14. The first kappa shape index (κ1) is 12.6. The molecule has 0 amide bonds. The van der Waals surface area contributed by atoms with Crippen molar-refractivity contribution in [3.8, 4) is 0 Å². The van der Waals surface area contributed by atoms with Gasteiger partial charge in [-0.25, -0.2) is 0 Å². The van der Waals surface area contributed by atoms with Crippen LogP contribution < -0.4 is 0 Å². The molecule has 3 atom stereocenters. The third-order valence-electron chi connectivity index (χ3n) is 1.90. The number of aliphatic hydroxyl groups excluding tert-OH is 2. The van der Waals surface area contributed by atoms with Crippen LogP contribution in [0.5, 0.6) is 0 Å². The normalized spacial score (nSPS) is 18.8. The van der Waals surface area contributed by atoms with Gasteiger partial charge in [0.25, 0.3) is 0 Å². The van der Waals surface area contributed by atoms with Crippen LogP contribution in [0.2, 0.25) is 0 Å². The molecule has 0 rings (SSSR count). The maximum atomic E-state index is 9.16. The highest BCUT2D eigenvalue weighted by molar-refractivity contribution is 7.81. The average Bonchev–Trinajstić information content (AvgIpc) is 2.11. The van der Waals surface area contributed by atoms with Gasteiger partial charge in [-0.1, -0.05) is 6.92 Å². The molecule has 0 radical (unpaired) electrons. The van der Waals surface area contributed by atoms with Crippen LogP contribution in [0.4, 0.5) is 0 Å². The maximum absolute atomic E-state index is 9.16. The van der Waals surface area contributed by atoms with Crippen LogP contribution in [-0.2, 0) is 0 Å². The van der Waals surface area contributed by atoms with Crippen LogP contribution in [0.3, 0.4) is 0 Å². The van der Waals surface area contributed by atoms with E-state index in [0.29, 0.717) is 5.25 Å². The largest absolute Gasteiger partial charge is 0.394 e. The number of hydrogen-bond donors (Lipinski definition) is 4. The second kappa shape index (κ2) is 7.06. The molecule has 0 aliphatic heterocycles. The fraction of sp³-hybridized carbons (Fsp3) is 1.00. The van der Waals surface area contributed by atoms with Crippen molar-refractivity contribution in [1.82, 2.24) is 0 Å². The van der Waals surface area contributed by atoms with Crippen molar-refractivity contribution in [3.05, 3.63) is 0 Å². The summed E-state index contributed by atoms with van der Waals surface area (Å²) in [6.45, 7) is 1.87. The Balaban J connectivity index is 3.49. The zero-order chi connectivity index (χ0) is 9.56. The second-order valence-electron chi connectivity index (χ2n) is 2.96. The summed E-state index contributed by atoms with van der Waals surface area (Å²) in [7, 11) is 0. The lowest BCUT2D eigenvalue weighted by molar-refractivity contribution is 0.0913. The predicted octanol–water partition coefficient (Wildman–Crippen LogP) is 1.13. The number of hydrogen-bond acceptors (Lipinski definition) is 4. The summed E-state index contributed by atoms with van der Waals surface area (Å²) in [6.07, 6.45) is 2.06. The van der Waals surface area contributed by atoms with E-state index in [1.807, 2.05) is 0 Å². The topological polar surface area (TPSA) is 40.5 Å². The molecule has 2 N–H and O–H groups in total. The van der Waals surface area contributed by atoms with Gasteiger partial charge in [0.1, 0.15) is 0 Å². The van der Waals surface area contributed by atoms with E-state index < -0.39 is 6.10 Å². The summed E-state index contributed by atoms with van der Waals surface area (Å²) in [5, 5.41) is 18.0. The Bertz CT molecular complexity index is 111. The summed E-state index contributed by atoms with van der Waals surface area (Å²) in [4.78, 5) is 0. The van der Waals surface area contributed by atoms with Crippen molar-refractivity contribution in [2.75, 3.05) is 6.61 Å². The summed E-state index contributed by atoms with van der Waals surface area (Å²) < 4.78 is 0. The van der Waals surface area contributed by atoms with Gasteiger partial charge in [-0.15, -0.1) is 0 Å². The molecule has 0 saturated carbocycles. The van der Waals surface area contributed by atoms with Crippen LogP contribution in [0.25, 0.3) is 0 Å². The van der Waals surface area contributed by atoms with Gasteiger partial charge >= 0.3 is 0 Å². The van der Waals surface area contributed by atoms with Gasteiger partial charge in [0.05, 0.1) is 12.7 Å². The third kappa shape index (κ3) is 5.30. The molecule has 0 aliphatic carbocycles. The number of rotatable bonds is 6. The number of thiol groups is 2. The van der Waals surface area contributed by atoms with E-state index in [1.165, 1.54) is 0 Å². The quantitative estimate of drug-likeness (QED) is 0.496. The summed E-state index contributed by atoms with van der Waals surface area (Å²) in [6, 6.07) is 0. The van der Waals surface area contributed by atoms with Crippen LogP contribution in [-0.4, -0.2) is 33.4 Å². The van der Waals surface area contributed by atoms with E-state index in [0.717, 1.165) is 19.3 Å². The molecule has 0 spiro atoms. The van der Waals surface area contributed by atoms with E-state index in [2.05, 4.69) is 32.2 Å². The molecular weight excluding hydrogens is 192 g/mol. The van der Waals surface area contributed by atoms with Crippen molar-refractivity contribution in [2.45, 2.75) is 42.8 Å². The van der Waals surface area contributed by atoms with Crippen molar-refractivity contribution >= 4 is 25.3 Å². The molecular formula is C8H18O2S2. The monoisotopic (exact) mass is 210 g/mol. The minimum absolute atomic E-state index is 0.129. The highest BCUT2D eigenvalue weighted by atomic mass is 32.1.